The number of benzene rings is 1. The van der Waals surface area contributed by atoms with Crippen LogP contribution in [0.15, 0.2) is 24.5 Å². The molecule has 0 amide bonds. The van der Waals surface area contributed by atoms with Crippen molar-refractivity contribution in [3.05, 3.63) is 35.6 Å². The van der Waals surface area contributed by atoms with Crippen molar-refractivity contribution < 1.29 is 14.6 Å². The van der Waals surface area contributed by atoms with E-state index in [9.17, 15) is 4.79 Å². The van der Waals surface area contributed by atoms with Crippen molar-refractivity contribution in [2.45, 2.75) is 12.8 Å². The third kappa shape index (κ3) is 1.50. The van der Waals surface area contributed by atoms with Crippen molar-refractivity contribution in [3.8, 4) is 5.75 Å². The van der Waals surface area contributed by atoms with Gasteiger partial charge < -0.3 is 9.84 Å². The van der Waals surface area contributed by atoms with E-state index < -0.39 is 0 Å². The summed E-state index contributed by atoms with van der Waals surface area (Å²) in [5.74, 6) is 0.762. The quantitative estimate of drug-likeness (QED) is 0.563. The van der Waals surface area contributed by atoms with Gasteiger partial charge in [0.25, 0.3) is 0 Å². The highest BCUT2D eigenvalue weighted by atomic mass is 16.5. The first-order chi connectivity index (χ1) is 7.27. The Bertz CT molecular complexity index is 432. The zero-order valence-corrected chi connectivity index (χ0v) is 8.49. The van der Waals surface area contributed by atoms with E-state index in [1.807, 2.05) is 18.2 Å². The highest BCUT2D eigenvalue weighted by Gasteiger charge is 2.23. The van der Waals surface area contributed by atoms with Gasteiger partial charge in [-0.3, -0.25) is 4.79 Å². The van der Waals surface area contributed by atoms with Crippen LogP contribution in [0.1, 0.15) is 17.5 Å². The fourth-order valence-electron chi connectivity index (χ4n) is 1.93. The number of aliphatic hydroxyl groups excluding tert-OH is 1. The molecule has 0 heterocycles. The van der Waals surface area contributed by atoms with Gasteiger partial charge in [-0.1, -0.05) is 12.1 Å². The molecule has 0 aromatic heterocycles. The first-order valence-corrected chi connectivity index (χ1v) is 4.81. The number of hydrogen-bond donors (Lipinski definition) is 1. The van der Waals surface area contributed by atoms with Crippen LogP contribution in [0.3, 0.4) is 0 Å². The van der Waals surface area contributed by atoms with Gasteiger partial charge in [-0.2, -0.15) is 0 Å². The maximum absolute atomic E-state index is 11.5. The van der Waals surface area contributed by atoms with Crippen LogP contribution in [0.2, 0.25) is 0 Å². The van der Waals surface area contributed by atoms with E-state index in [1.54, 1.807) is 7.11 Å². The molecular weight excluding hydrogens is 192 g/mol. The van der Waals surface area contributed by atoms with E-state index >= 15 is 0 Å². The van der Waals surface area contributed by atoms with Crippen LogP contribution in [0.5, 0.6) is 5.75 Å². The lowest BCUT2D eigenvalue weighted by atomic mass is 9.86. The molecule has 0 spiro atoms. The summed E-state index contributed by atoms with van der Waals surface area (Å²) in [4.78, 5) is 11.5. The first-order valence-electron chi connectivity index (χ1n) is 4.81. The highest BCUT2D eigenvalue weighted by Crippen LogP contribution is 2.33. The second kappa shape index (κ2) is 3.77. The molecule has 2 rings (SSSR count). The SMILES string of the molecule is COc1cccc2c1CCC(=O)C2=CO. The van der Waals surface area contributed by atoms with Crippen LogP contribution < -0.4 is 4.74 Å². The fourth-order valence-corrected chi connectivity index (χ4v) is 1.93. The number of fused-ring (bicyclic) bond motifs is 1. The number of ketones is 1. The van der Waals surface area contributed by atoms with E-state index in [1.165, 1.54) is 0 Å². The number of methoxy groups -OCH3 is 1. The summed E-state index contributed by atoms with van der Waals surface area (Å²) in [6.45, 7) is 0. The lowest BCUT2D eigenvalue weighted by Crippen LogP contribution is -2.13. The second-order valence-corrected chi connectivity index (χ2v) is 3.45. The summed E-state index contributed by atoms with van der Waals surface area (Å²) in [6.07, 6.45) is 2.00. The van der Waals surface area contributed by atoms with Crippen LogP contribution >= 0.6 is 0 Å². The molecule has 0 radical (unpaired) electrons. The van der Waals surface area contributed by atoms with E-state index in [2.05, 4.69) is 0 Å². The minimum atomic E-state index is -0.0155. The summed E-state index contributed by atoms with van der Waals surface area (Å²) in [7, 11) is 1.61. The maximum Gasteiger partial charge on any atom is 0.166 e. The summed E-state index contributed by atoms with van der Waals surface area (Å²) in [5, 5.41) is 9.05. The van der Waals surface area contributed by atoms with E-state index in [4.69, 9.17) is 9.84 Å². The van der Waals surface area contributed by atoms with E-state index in [-0.39, 0.29) is 5.78 Å². The summed E-state index contributed by atoms with van der Waals surface area (Å²) in [6, 6.07) is 5.51. The van der Waals surface area contributed by atoms with Crippen LogP contribution in [-0.4, -0.2) is 18.0 Å². The molecule has 15 heavy (non-hydrogen) atoms. The molecule has 0 unspecified atom stereocenters. The molecule has 1 aliphatic rings. The molecular formula is C12H12O3. The molecule has 3 heteroatoms. The predicted molar refractivity (Wildman–Crippen MR) is 56.9 cm³/mol. The number of aliphatic hydroxyl groups is 1. The molecule has 0 aliphatic heterocycles. The lowest BCUT2D eigenvalue weighted by Gasteiger charge is -2.19. The topological polar surface area (TPSA) is 46.5 Å². The molecule has 1 aliphatic carbocycles. The van der Waals surface area contributed by atoms with Gasteiger partial charge in [-0.15, -0.1) is 0 Å². The average Bonchev–Trinajstić information content (AvgIpc) is 2.28. The molecule has 0 atom stereocenters. The number of ether oxygens (including phenoxy) is 1. The van der Waals surface area contributed by atoms with Gasteiger partial charge in [0.1, 0.15) is 5.75 Å². The van der Waals surface area contributed by atoms with Gasteiger partial charge >= 0.3 is 0 Å². The van der Waals surface area contributed by atoms with E-state index in [0.717, 1.165) is 23.1 Å². The molecule has 78 valence electrons. The molecule has 1 aromatic carbocycles. The number of carbonyl (C=O) groups excluding carboxylic acids is 1. The Labute approximate surface area is 88.0 Å². The Balaban J connectivity index is 2.60. The molecule has 1 N–H and O–H groups in total. The zero-order valence-electron chi connectivity index (χ0n) is 8.49. The highest BCUT2D eigenvalue weighted by molar-refractivity contribution is 6.22. The average molecular weight is 204 g/mol. The van der Waals surface area contributed by atoms with Crippen LogP contribution in [0.4, 0.5) is 0 Å². The molecule has 0 saturated heterocycles. The number of hydrogen-bond acceptors (Lipinski definition) is 3. The Hall–Kier alpha value is -1.77. The van der Waals surface area contributed by atoms with Crippen molar-refractivity contribution in [3.63, 3.8) is 0 Å². The zero-order chi connectivity index (χ0) is 10.8. The van der Waals surface area contributed by atoms with Gasteiger partial charge in [0, 0.05) is 12.0 Å². The van der Waals surface area contributed by atoms with Crippen molar-refractivity contribution in [1.82, 2.24) is 0 Å². The van der Waals surface area contributed by atoms with Crippen molar-refractivity contribution in [2.75, 3.05) is 7.11 Å². The molecule has 0 fully saturated rings. The number of allylic oxidation sites excluding steroid dienone is 1. The monoisotopic (exact) mass is 204 g/mol. The van der Waals surface area contributed by atoms with Gasteiger partial charge in [0.2, 0.25) is 0 Å². The number of carbonyl (C=O) groups is 1. The van der Waals surface area contributed by atoms with Crippen molar-refractivity contribution >= 4 is 11.4 Å². The lowest BCUT2D eigenvalue weighted by molar-refractivity contribution is -0.114. The van der Waals surface area contributed by atoms with Gasteiger partial charge in [0.15, 0.2) is 5.78 Å². The molecule has 0 saturated carbocycles. The summed E-state index contributed by atoms with van der Waals surface area (Å²) >= 11 is 0. The standard InChI is InChI=1S/C12H12O3/c1-15-12-4-2-3-8-9(12)5-6-11(14)10(8)7-13/h2-4,7,13H,5-6H2,1H3. The van der Waals surface area contributed by atoms with Gasteiger partial charge in [-0.25, -0.2) is 0 Å². The van der Waals surface area contributed by atoms with Crippen molar-refractivity contribution in [1.29, 1.82) is 0 Å². The number of Topliss-reactive ketones (excluding diaryl/α,β-unsaturated/α-hetero) is 1. The maximum atomic E-state index is 11.5. The minimum absolute atomic E-state index is 0.0155. The van der Waals surface area contributed by atoms with Crippen LogP contribution in [0.25, 0.3) is 5.57 Å². The Morgan fingerprint density at radius 2 is 2.20 bits per heavy atom. The largest absolute Gasteiger partial charge is 0.515 e. The Morgan fingerprint density at radius 3 is 2.87 bits per heavy atom. The van der Waals surface area contributed by atoms with Gasteiger partial charge in [0.05, 0.1) is 18.9 Å². The van der Waals surface area contributed by atoms with E-state index in [0.29, 0.717) is 18.4 Å². The molecule has 3 nitrogen and oxygen atoms in total. The predicted octanol–water partition coefficient (Wildman–Crippen LogP) is 2.11. The van der Waals surface area contributed by atoms with Crippen molar-refractivity contribution in [2.24, 2.45) is 0 Å². The molecule has 1 aromatic rings. The van der Waals surface area contributed by atoms with Crippen LogP contribution in [0, 0.1) is 0 Å². The Morgan fingerprint density at radius 1 is 1.40 bits per heavy atom. The number of rotatable bonds is 1. The fraction of sp³-hybridized carbons (Fsp3) is 0.250. The summed E-state index contributed by atoms with van der Waals surface area (Å²) < 4.78 is 5.22. The molecule has 0 bridgehead atoms. The summed E-state index contributed by atoms with van der Waals surface area (Å²) in [5.41, 5.74) is 2.17. The van der Waals surface area contributed by atoms with Gasteiger partial charge in [-0.05, 0) is 18.1 Å². The third-order valence-electron chi connectivity index (χ3n) is 2.67. The van der Waals surface area contributed by atoms with Crippen LogP contribution in [-0.2, 0) is 11.2 Å². The first kappa shape index (κ1) is 9.77. The minimum Gasteiger partial charge on any atom is -0.515 e. The second-order valence-electron chi connectivity index (χ2n) is 3.45. The third-order valence-corrected chi connectivity index (χ3v) is 2.67. The smallest absolute Gasteiger partial charge is 0.166 e. The normalized spacial score (nSPS) is 17.7. The Kier molecular flexibility index (Phi) is 2.46.